The van der Waals surface area contributed by atoms with Gasteiger partial charge >= 0.3 is 6.18 Å². The van der Waals surface area contributed by atoms with Gasteiger partial charge in [-0.1, -0.05) is 24.3 Å². The van der Waals surface area contributed by atoms with Crippen LogP contribution in [0.4, 0.5) is 23.2 Å². The lowest BCUT2D eigenvalue weighted by Crippen LogP contribution is -2.05. The van der Waals surface area contributed by atoms with E-state index in [0.717, 1.165) is 12.1 Å². The second-order valence-corrected chi connectivity index (χ2v) is 3.97. The summed E-state index contributed by atoms with van der Waals surface area (Å²) in [6, 6.07) is 10.5. The van der Waals surface area contributed by atoms with Crippen molar-refractivity contribution in [2.24, 2.45) is 5.10 Å². The maximum atomic E-state index is 13.3. The number of alkyl halides is 3. The van der Waals surface area contributed by atoms with Gasteiger partial charge in [-0.15, -0.1) is 0 Å². The summed E-state index contributed by atoms with van der Waals surface area (Å²) in [5.74, 6) is -0.456. The average molecular weight is 282 g/mol. The molecule has 0 amide bonds. The number of benzene rings is 2. The molecule has 0 fully saturated rings. The lowest BCUT2D eigenvalue weighted by molar-refractivity contribution is -0.137. The van der Waals surface area contributed by atoms with Crippen molar-refractivity contribution in [3.05, 3.63) is 65.5 Å². The van der Waals surface area contributed by atoms with E-state index in [-0.39, 0.29) is 11.3 Å². The number of anilines is 1. The van der Waals surface area contributed by atoms with E-state index in [1.807, 2.05) is 0 Å². The number of halogens is 4. The molecule has 0 unspecified atom stereocenters. The monoisotopic (exact) mass is 282 g/mol. The molecular weight excluding hydrogens is 272 g/mol. The summed E-state index contributed by atoms with van der Waals surface area (Å²) in [6.07, 6.45) is -3.21. The van der Waals surface area contributed by atoms with Gasteiger partial charge in [-0.2, -0.15) is 18.3 Å². The molecule has 2 rings (SSSR count). The minimum atomic E-state index is -4.41. The molecule has 0 aliphatic rings. The summed E-state index contributed by atoms with van der Waals surface area (Å²) in [7, 11) is 0. The molecule has 0 spiro atoms. The molecule has 0 aromatic heterocycles. The number of nitrogens with zero attached hydrogens (tertiary/aromatic N) is 1. The Morgan fingerprint density at radius 3 is 2.45 bits per heavy atom. The molecule has 0 saturated carbocycles. The molecule has 0 saturated heterocycles. The van der Waals surface area contributed by atoms with E-state index in [2.05, 4.69) is 10.5 Å². The third-order valence-electron chi connectivity index (χ3n) is 2.49. The van der Waals surface area contributed by atoms with Crippen LogP contribution in [0.1, 0.15) is 11.1 Å². The van der Waals surface area contributed by atoms with Gasteiger partial charge in [0.15, 0.2) is 0 Å². The van der Waals surface area contributed by atoms with Crippen molar-refractivity contribution in [2.45, 2.75) is 6.18 Å². The summed E-state index contributed by atoms with van der Waals surface area (Å²) in [5.41, 5.74) is 2.08. The maximum absolute atomic E-state index is 13.3. The zero-order valence-electron chi connectivity index (χ0n) is 10.2. The smallest absolute Gasteiger partial charge is 0.278 e. The van der Waals surface area contributed by atoms with Crippen LogP contribution in [-0.2, 0) is 6.18 Å². The number of hydrogen-bond donors (Lipinski definition) is 1. The van der Waals surface area contributed by atoms with Gasteiger partial charge < -0.3 is 0 Å². The fourth-order valence-electron chi connectivity index (χ4n) is 1.52. The van der Waals surface area contributed by atoms with E-state index >= 15 is 0 Å². The number of hydrazone groups is 1. The molecule has 20 heavy (non-hydrogen) atoms. The Balaban J connectivity index is 2.10. The molecule has 0 aliphatic carbocycles. The van der Waals surface area contributed by atoms with Crippen LogP contribution < -0.4 is 5.43 Å². The van der Waals surface area contributed by atoms with Crippen LogP contribution in [0, 0.1) is 5.82 Å². The molecule has 2 aromatic carbocycles. The van der Waals surface area contributed by atoms with Crippen LogP contribution in [0.25, 0.3) is 0 Å². The van der Waals surface area contributed by atoms with E-state index in [1.54, 1.807) is 6.07 Å². The first-order valence-electron chi connectivity index (χ1n) is 5.68. The highest BCUT2D eigenvalue weighted by molar-refractivity contribution is 5.80. The first-order valence-corrected chi connectivity index (χ1v) is 5.68. The summed E-state index contributed by atoms with van der Waals surface area (Å²) in [5, 5.41) is 3.71. The van der Waals surface area contributed by atoms with Crippen LogP contribution in [0.3, 0.4) is 0 Å². The fraction of sp³-hybridized carbons (Fsp3) is 0.0714. The largest absolute Gasteiger partial charge is 0.416 e. The first kappa shape index (κ1) is 14.0. The molecule has 2 nitrogen and oxygen atoms in total. The first-order chi connectivity index (χ1) is 9.47. The maximum Gasteiger partial charge on any atom is 0.416 e. The molecular formula is C14H10F4N2. The normalized spacial score (nSPS) is 11.8. The summed E-state index contributed by atoms with van der Waals surface area (Å²) in [4.78, 5) is 0. The Bertz CT molecular complexity index is 621. The van der Waals surface area contributed by atoms with Gasteiger partial charge in [-0.25, -0.2) is 4.39 Å². The van der Waals surface area contributed by atoms with Gasteiger partial charge in [0, 0.05) is 5.56 Å². The third-order valence-corrected chi connectivity index (χ3v) is 2.49. The van der Waals surface area contributed by atoms with E-state index in [4.69, 9.17) is 0 Å². The van der Waals surface area contributed by atoms with Gasteiger partial charge in [0.25, 0.3) is 0 Å². The summed E-state index contributed by atoms with van der Waals surface area (Å²) >= 11 is 0. The Morgan fingerprint density at radius 1 is 1.00 bits per heavy atom. The van der Waals surface area contributed by atoms with Gasteiger partial charge in [0.1, 0.15) is 5.82 Å². The Kier molecular flexibility index (Phi) is 4.02. The van der Waals surface area contributed by atoms with Crippen LogP contribution in [0.5, 0.6) is 0 Å². The quantitative estimate of drug-likeness (QED) is 0.507. The fourth-order valence-corrected chi connectivity index (χ4v) is 1.52. The van der Waals surface area contributed by atoms with Crippen molar-refractivity contribution < 1.29 is 17.6 Å². The average Bonchev–Trinajstić information content (AvgIpc) is 2.40. The number of rotatable bonds is 3. The highest BCUT2D eigenvalue weighted by Gasteiger charge is 2.30. The van der Waals surface area contributed by atoms with Crippen LogP contribution in [0.2, 0.25) is 0 Å². The second kappa shape index (κ2) is 5.73. The molecule has 0 bridgehead atoms. The second-order valence-electron chi connectivity index (χ2n) is 3.97. The summed E-state index contributed by atoms with van der Waals surface area (Å²) in [6.45, 7) is 0. The van der Waals surface area contributed by atoms with Crippen molar-refractivity contribution in [3.63, 3.8) is 0 Å². The number of nitrogens with one attached hydrogen (secondary N) is 1. The zero-order chi connectivity index (χ0) is 14.6. The highest BCUT2D eigenvalue weighted by atomic mass is 19.4. The minimum Gasteiger partial charge on any atom is -0.278 e. The zero-order valence-corrected chi connectivity index (χ0v) is 10.2. The van der Waals surface area contributed by atoms with Crippen molar-refractivity contribution in [1.82, 2.24) is 0 Å². The van der Waals surface area contributed by atoms with Gasteiger partial charge in [-0.3, -0.25) is 5.43 Å². The topological polar surface area (TPSA) is 24.4 Å². The molecule has 0 radical (unpaired) electrons. The van der Waals surface area contributed by atoms with Gasteiger partial charge in [0.05, 0.1) is 17.5 Å². The standard InChI is InChI=1S/C14H10F4N2/c15-13-7-2-1-4-10(13)9-19-20-12-6-3-5-11(8-12)14(16,17)18/h1-9,20H. The molecule has 0 aliphatic heterocycles. The Morgan fingerprint density at radius 2 is 1.75 bits per heavy atom. The lowest BCUT2D eigenvalue weighted by atomic mass is 10.2. The van der Waals surface area contributed by atoms with Crippen molar-refractivity contribution in [3.8, 4) is 0 Å². The van der Waals surface area contributed by atoms with Crippen LogP contribution in [0.15, 0.2) is 53.6 Å². The lowest BCUT2D eigenvalue weighted by Gasteiger charge is -2.08. The highest BCUT2D eigenvalue weighted by Crippen LogP contribution is 2.30. The van der Waals surface area contributed by atoms with E-state index in [1.165, 1.54) is 36.5 Å². The SMILES string of the molecule is Fc1ccccc1C=NNc1cccc(C(F)(F)F)c1. The Hall–Kier alpha value is -2.37. The molecule has 104 valence electrons. The van der Waals surface area contributed by atoms with Crippen LogP contribution >= 0.6 is 0 Å². The minimum absolute atomic E-state index is 0.174. The molecule has 1 N–H and O–H groups in total. The third kappa shape index (κ3) is 3.57. The predicted octanol–water partition coefficient (Wildman–Crippen LogP) is 4.29. The van der Waals surface area contributed by atoms with E-state index in [9.17, 15) is 17.6 Å². The Labute approximate surface area is 112 Å². The summed E-state index contributed by atoms with van der Waals surface area (Å²) < 4.78 is 50.7. The van der Waals surface area contributed by atoms with Crippen molar-refractivity contribution in [1.29, 1.82) is 0 Å². The van der Waals surface area contributed by atoms with E-state index < -0.39 is 17.6 Å². The predicted molar refractivity (Wildman–Crippen MR) is 69.1 cm³/mol. The van der Waals surface area contributed by atoms with Gasteiger partial charge in [0.2, 0.25) is 0 Å². The van der Waals surface area contributed by atoms with Crippen molar-refractivity contribution in [2.75, 3.05) is 5.43 Å². The molecule has 2 aromatic rings. The van der Waals surface area contributed by atoms with E-state index in [0.29, 0.717) is 0 Å². The molecule has 6 heteroatoms. The molecule has 0 heterocycles. The van der Waals surface area contributed by atoms with Crippen molar-refractivity contribution >= 4 is 11.9 Å². The van der Waals surface area contributed by atoms with Crippen LogP contribution in [-0.4, -0.2) is 6.21 Å². The number of hydrogen-bond acceptors (Lipinski definition) is 2. The molecule has 0 atom stereocenters. The van der Waals surface area contributed by atoms with Gasteiger partial charge in [-0.05, 0) is 24.3 Å².